The number of nitrogens with zero attached hydrogens (tertiary/aromatic N) is 5. The van der Waals surface area contributed by atoms with Crippen molar-refractivity contribution in [3.8, 4) is 38.4 Å². The van der Waals surface area contributed by atoms with Crippen molar-refractivity contribution in [2.24, 2.45) is 0 Å². The highest BCUT2D eigenvalue weighted by molar-refractivity contribution is 7.35. The highest BCUT2D eigenvalue weighted by Crippen LogP contribution is 2.63. The van der Waals surface area contributed by atoms with E-state index in [2.05, 4.69) is 93.2 Å². The van der Waals surface area contributed by atoms with Gasteiger partial charge in [-0.1, -0.05) is 83.9 Å². The van der Waals surface area contributed by atoms with E-state index in [1.54, 1.807) is 5.56 Å². The second kappa shape index (κ2) is 16.8. The molecule has 5 aromatic rings. The van der Waals surface area contributed by atoms with Crippen molar-refractivity contribution in [2.45, 2.75) is 110 Å². The molecular formula is C47H51N5OS4. The van der Waals surface area contributed by atoms with Crippen LogP contribution in [-0.4, -0.2) is 26.2 Å². The summed E-state index contributed by atoms with van der Waals surface area (Å²) in [6, 6.07) is 19.8. The Morgan fingerprint density at radius 3 is 2.09 bits per heavy atom. The van der Waals surface area contributed by atoms with Crippen LogP contribution in [-0.2, 0) is 10.3 Å². The molecule has 294 valence electrons. The summed E-state index contributed by atoms with van der Waals surface area (Å²) in [4.78, 5) is 10.4. The molecule has 0 atom stereocenters. The van der Waals surface area contributed by atoms with E-state index >= 15 is 0 Å². The summed E-state index contributed by atoms with van der Waals surface area (Å²) < 4.78 is 11.6. The Kier molecular flexibility index (Phi) is 12.1. The molecule has 10 heteroatoms. The zero-order valence-electron chi connectivity index (χ0n) is 34.2. The largest absolute Gasteiger partial charge is 0.480 e. The molecular weight excluding hydrogens is 779 g/mol. The average Bonchev–Trinajstić information content (AvgIpc) is 4.00. The van der Waals surface area contributed by atoms with Gasteiger partial charge < -0.3 is 14.5 Å². The van der Waals surface area contributed by atoms with E-state index in [9.17, 15) is 15.8 Å². The number of allylic oxidation sites excluding steroid dienone is 2. The lowest BCUT2D eigenvalue weighted by Crippen LogP contribution is -2.49. The molecule has 0 N–H and O–H groups in total. The number of benzene rings is 1. The van der Waals surface area contributed by atoms with Crippen molar-refractivity contribution in [3.05, 3.63) is 75.4 Å². The zero-order chi connectivity index (χ0) is 40.5. The van der Waals surface area contributed by atoms with Gasteiger partial charge in [0.15, 0.2) is 11.3 Å². The maximum Gasteiger partial charge on any atom is 0.172 e. The fourth-order valence-electron chi connectivity index (χ4n) is 8.52. The smallest absolute Gasteiger partial charge is 0.172 e. The number of ether oxygens (including phenoxy) is 1. The first-order valence-electron chi connectivity index (χ1n) is 20.3. The first-order chi connectivity index (χ1) is 27.5. The Morgan fingerprint density at radius 2 is 1.46 bits per heavy atom. The molecule has 0 bridgehead atoms. The quantitative estimate of drug-likeness (QED) is 0.0771. The molecule has 0 aliphatic carbocycles. The number of thiophene rings is 4. The van der Waals surface area contributed by atoms with E-state index in [1.807, 2.05) is 77.4 Å². The predicted octanol–water partition coefficient (Wildman–Crippen LogP) is 14.6. The van der Waals surface area contributed by atoms with Crippen LogP contribution in [0.1, 0.15) is 109 Å². The maximum absolute atomic E-state index is 10.1. The monoisotopic (exact) mass is 829 g/mol. The van der Waals surface area contributed by atoms with Crippen molar-refractivity contribution in [1.82, 2.24) is 0 Å². The van der Waals surface area contributed by atoms with Crippen LogP contribution in [0.3, 0.4) is 0 Å². The van der Waals surface area contributed by atoms with Gasteiger partial charge in [0.2, 0.25) is 0 Å². The molecule has 6 nitrogen and oxygen atoms in total. The summed E-state index contributed by atoms with van der Waals surface area (Å²) in [5, 5.41) is 29.3. The molecule has 0 radical (unpaired) electrons. The molecule has 2 aliphatic heterocycles. The summed E-state index contributed by atoms with van der Waals surface area (Å²) >= 11 is 7.76. The van der Waals surface area contributed by atoms with Gasteiger partial charge in [-0.25, -0.2) is 0 Å². The molecule has 0 saturated carbocycles. The summed E-state index contributed by atoms with van der Waals surface area (Å²) in [6.45, 7) is 11.8. The van der Waals surface area contributed by atoms with Crippen molar-refractivity contribution >= 4 is 81.6 Å². The van der Waals surface area contributed by atoms with Crippen molar-refractivity contribution < 1.29 is 4.74 Å². The standard InChI is InChI=1S/C47H51N5OS4/c1-8-11-14-15-24-52-40-43-37(25-33(54-43)20-21-35-34(29-50)41(31(27-48)28-49)53-46(35,4)5)57-45(40)44-39(47(52,22-12-9-2)23-13-10-3)42-38(56-44)26-36(55-42)30-16-18-32(19-17-30)51(6)7/h16-21,25-26H,8-15,22-24H2,1-7H3/b21-20+. The lowest BCUT2D eigenvalue weighted by molar-refractivity contribution is 0.0954. The first kappa shape index (κ1) is 40.8. The Balaban J connectivity index is 1.40. The molecule has 0 unspecified atom stereocenters. The molecule has 0 amide bonds. The summed E-state index contributed by atoms with van der Waals surface area (Å²) in [5.41, 5.74) is 5.30. The van der Waals surface area contributed by atoms with Crippen molar-refractivity contribution in [2.75, 3.05) is 30.4 Å². The van der Waals surface area contributed by atoms with E-state index in [0.717, 1.165) is 37.1 Å². The second-order valence-corrected chi connectivity index (χ2v) is 20.1. The number of nitriles is 3. The van der Waals surface area contributed by atoms with E-state index < -0.39 is 5.60 Å². The number of hydrogen-bond acceptors (Lipinski definition) is 10. The van der Waals surface area contributed by atoms with Crippen LogP contribution < -0.4 is 9.80 Å². The van der Waals surface area contributed by atoms with Crippen LogP contribution in [0, 0.1) is 34.0 Å². The highest BCUT2D eigenvalue weighted by atomic mass is 32.1. The molecule has 6 heterocycles. The number of unbranched alkanes of at least 4 members (excludes halogenated alkanes) is 5. The third-order valence-electron chi connectivity index (χ3n) is 11.5. The van der Waals surface area contributed by atoms with Gasteiger partial charge in [0, 0.05) is 56.6 Å². The molecule has 1 aromatic carbocycles. The number of rotatable bonds is 15. The minimum atomic E-state index is -0.852. The Hall–Kier alpha value is -4.37. The fourth-order valence-corrected chi connectivity index (χ4v) is 14.0. The lowest BCUT2D eigenvalue weighted by atomic mass is 9.76. The topological polar surface area (TPSA) is 87.1 Å². The van der Waals surface area contributed by atoms with E-state index in [-0.39, 0.29) is 22.4 Å². The number of anilines is 2. The van der Waals surface area contributed by atoms with Gasteiger partial charge in [0.1, 0.15) is 29.4 Å². The summed E-state index contributed by atoms with van der Waals surface area (Å²) in [5.74, 6) is 0.0728. The van der Waals surface area contributed by atoms with Gasteiger partial charge in [-0.3, -0.25) is 0 Å². The van der Waals surface area contributed by atoms with Gasteiger partial charge in [0.25, 0.3) is 0 Å². The Labute approximate surface area is 354 Å². The minimum Gasteiger partial charge on any atom is -0.480 e. The van der Waals surface area contributed by atoms with Gasteiger partial charge in [0.05, 0.1) is 30.4 Å². The third-order valence-corrected chi connectivity index (χ3v) is 16.4. The van der Waals surface area contributed by atoms with Crippen LogP contribution in [0.2, 0.25) is 0 Å². The van der Waals surface area contributed by atoms with Crippen molar-refractivity contribution in [1.29, 1.82) is 15.8 Å². The van der Waals surface area contributed by atoms with E-state index in [4.69, 9.17) is 4.74 Å². The molecule has 57 heavy (non-hydrogen) atoms. The van der Waals surface area contributed by atoms with Crippen LogP contribution in [0.4, 0.5) is 11.4 Å². The van der Waals surface area contributed by atoms with E-state index in [1.165, 1.54) is 88.9 Å². The molecule has 2 aliphatic rings. The Morgan fingerprint density at radius 1 is 0.789 bits per heavy atom. The van der Waals surface area contributed by atoms with Gasteiger partial charge in [-0.15, -0.1) is 45.3 Å². The molecule has 0 spiro atoms. The molecule has 7 rings (SSSR count). The summed E-state index contributed by atoms with van der Waals surface area (Å²) in [6.07, 6.45) is 15.9. The van der Waals surface area contributed by atoms with Gasteiger partial charge in [-0.2, -0.15) is 15.8 Å². The highest BCUT2D eigenvalue weighted by Gasteiger charge is 2.48. The number of hydrogen-bond donors (Lipinski definition) is 0. The molecule has 0 fully saturated rings. The van der Waals surface area contributed by atoms with Crippen LogP contribution >= 0.6 is 45.3 Å². The summed E-state index contributed by atoms with van der Waals surface area (Å²) in [7, 11) is 4.19. The van der Waals surface area contributed by atoms with Crippen LogP contribution in [0.5, 0.6) is 0 Å². The van der Waals surface area contributed by atoms with Gasteiger partial charge >= 0.3 is 0 Å². The molecule has 4 aromatic heterocycles. The van der Waals surface area contributed by atoms with Gasteiger partial charge in [-0.05, 0) is 69.0 Å². The second-order valence-electron chi connectivity index (χ2n) is 15.9. The maximum atomic E-state index is 10.1. The molecule has 0 saturated heterocycles. The zero-order valence-corrected chi connectivity index (χ0v) is 37.4. The van der Waals surface area contributed by atoms with Crippen molar-refractivity contribution in [3.63, 3.8) is 0 Å². The normalized spacial score (nSPS) is 15.5. The van der Waals surface area contributed by atoms with E-state index in [0.29, 0.717) is 5.57 Å². The fraction of sp³-hybridized carbons (Fsp3) is 0.426. The minimum absolute atomic E-state index is 0.0728. The van der Waals surface area contributed by atoms with Crippen LogP contribution in [0.25, 0.3) is 45.1 Å². The SMILES string of the molecule is CCCCCCN1c2c(sc3cc(/C=C/C4=C(C#N)C(=C(C#N)C#N)OC4(C)C)sc23)-c2sc3cc(-c4ccc(N(C)C)cc4)sc3c2C1(CCCC)CCCC. The lowest BCUT2D eigenvalue weighted by Gasteiger charge is -2.49. The van der Waals surface area contributed by atoms with Crippen LogP contribution in [0.15, 0.2) is 65.0 Å². The average molecular weight is 830 g/mol. The third kappa shape index (κ3) is 7.34. The number of fused-ring (bicyclic) bond motifs is 7. The Bertz CT molecular complexity index is 2490. The first-order valence-corrected chi connectivity index (χ1v) is 23.6. The predicted molar refractivity (Wildman–Crippen MR) is 245 cm³/mol.